The number of aromatic nitrogens is 1. The van der Waals surface area contributed by atoms with Crippen molar-refractivity contribution >= 4 is 0 Å². The molecule has 19 heavy (non-hydrogen) atoms. The van der Waals surface area contributed by atoms with Gasteiger partial charge < -0.3 is 10.3 Å². The Morgan fingerprint density at radius 2 is 2.05 bits per heavy atom. The van der Waals surface area contributed by atoms with Crippen molar-refractivity contribution in [2.75, 3.05) is 0 Å². The van der Waals surface area contributed by atoms with E-state index in [0.29, 0.717) is 5.56 Å². The number of aryl methyl sites for hydroxylation is 2. The molecule has 0 bridgehead atoms. The predicted octanol–water partition coefficient (Wildman–Crippen LogP) is 3.57. The van der Waals surface area contributed by atoms with Crippen LogP contribution in [0, 0.1) is 19.7 Å². The van der Waals surface area contributed by atoms with Gasteiger partial charge in [0.05, 0.1) is 0 Å². The molecule has 1 unspecified atom stereocenters. The van der Waals surface area contributed by atoms with E-state index in [1.807, 2.05) is 12.1 Å². The second kappa shape index (κ2) is 4.49. The van der Waals surface area contributed by atoms with E-state index in [9.17, 15) is 4.39 Å². The Bertz CT molecular complexity index is 628. The Morgan fingerprint density at radius 1 is 1.26 bits per heavy atom. The molecule has 1 aromatic heterocycles. The summed E-state index contributed by atoms with van der Waals surface area (Å²) >= 11 is 0. The van der Waals surface area contributed by atoms with Crippen LogP contribution in [0.5, 0.6) is 0 Å². The maximum atomic E-state index is 13.4. The third-order valence-corrected chi connectivity index (χ3v) is 4.05. The summed E-state index contributed by atoms with van der Waals surface area (Å²) in [5.74, 6) is -0.154. The lowest BCUT2D eigenvalue weighted by molar-refractivity contribution is 0.559. The van der Waals surface area contributed by atoms with Crippen LogP contribution in [0.1, 0.15) is 41.4 Å². The SMILES string of the molecule is Cc1cc(-n2c(C)cc3c2CCCC3N)ccc1F. The molecule has 0 fully saturated rings. The fraction of sp³-hybridized carbons (Fsp3) is 0.375. The zero-order valence-corrected chi connectivity index (χ0v) is 11.4. The average Bonchev–Trinajstić information content (AvgIpc) is 2.71. The van der Waals surface area contributed by atoms with Crippen molar-refractivity contribution in [3.63, 3.8) is 0 Å². The monoisotopic (exact) mass is 258 g/mol. The molecule has 2 nitrogen and oxygen atoms in total. The lowest BCUT2D eigenvalue weighted by Crippen LogP contribution is -2.18. The van der Waals surface area contributed by atoms with Gasteiger partial charge in [-0.25, -0.2) is 4.39 Å². The lowest BCUT2D eigenvalue weighted by atomic mass is 9.93. The minimum absolute atomic E-state index is 0.144. The number of rotatable bonds is 1. The molecular formula is C16H19FN2. The molecule has 0 saturated carbocycles. The highest BCUT2D eigenvalue weighted by Gasteiger charge is 2.22. The first-order valence-electron chi connectivity index (χ1n) is 6.81. The van der Waals surface area contributed by atoms with E-state index in [4.69, 9.17) is 5.73 Å². The Kier molecular flexibility index (Phi) is 2.94. The van der Waals surface area contributed by atoms with Gasteiger partial charge in [-0.1, -0.05) is 0 Å². The molecular weight excluding hydrogens is 239 g/mol. The fourth-order valence-corrected chi connectivity index (χ4v) is 3.06. The summed E-state index contributed by atoms with van der Waals surface area (Å²) in [4.78, 5) is 0. The van der Waals surface area contributed by atoms with Crippen molar-refractivity contribution < 1.29 is 4.39 Å². The summed E-state index contributed by atoms with van der Waals surface area (Å²) in [6, 6.07) is 7.61. The quantitative estimate of drug-likeness (QED) is 0.833. The summed E-state index contributed by atoms with van der Waals surface area (Å²) in [5.41, 5.74) is 11.6. The van der Waals surface area contributed by atoms with Crippen LogP contribution in [0.4, 0.5) is 4.39 Å². The second-order valence-corrected chi connectivity index (χ2v) is 5.46. The van der Waals surface area contributed by atoms with E-state index < -0.39 is 0 Å². The highest BCUT2D eigenvalue weighted by molar-refractivity contribution is 5.45. The van der Waals surface area contributed by atoms with Crippen molar-refractivity contribution in [2.45, 2.75) is 39.2 Å². The number of hydrogen-bond acceptors (Lipinski definition) is 1. The fourth-order valence-electron chi connectivity index (χ4n) is 3.06. The number of fused-ring (bicyclic) bond motifs is 1. The summed E-state index contributed by atoms with van der Waals surface area (Å²) < 4.78 is 15.6. The average molecular weight is 258 g/mol. The van der Waals surface area contributed by atoms with Crippen molar-refractivity contribution in [3.05, 3.63) is 52.6 Å². The first-order valence-corrected chi connectivity index (χ1v) is 6.81. The van der Waals surface area contributed by atoms with Crippen molar-refractivity contribution in [1.29, 1.82) is 0 Å². The van der Waals surface area contributed by atoms with Gasteiger partial charge in [0.1, 0.15) is 5.82 Å². The van der Waals surface area contributed by atoms with Gasteiger partial charge in [-0.3, -0.25) is 0 Å². The first-order chi connectivity index (χ1) is 9.08. The highest BCUT2D eigenvalue weighted by atomic mass is 19.1. The van der Waals surface area contributed by atoms with Gasteiger partial charge in [-0.05, 0) is 68.5 Å². The van der Waals surface area contributed by atoms with Crippen LogP contribution in [0.3, 0.4) is 0 Å². The van der Waals surface area contributed by atoms with E-state index in [0.717, 1.165) is 24.9 Å². The molecule has 1 aliphatic carbocycles. The van der Waals surface area contributed by atoms with E-state index in [1.54, 1.807) is 13.0 Å². The number of nitrogens with two attached hydrogens (primary N) is 1. The topological polar surface area (TPSA) is 30.9 Å². The summed E-state index contributed by atoms with van der Waals surface area (Å²) in [7, 11) is 0. The Morgan fingerprint density at radius 3 is 2.79 bits per heavy atom. The third-order valence-electron chi connectivity index (χ3n) is 4.05. The summed E-state index contributed by atoms with van der Waals surface area (Å²) in [6.45, 7) is 3.89. The predicted molar refractivity (Wildman–Crippen MR) is 75.1 cm³/mol. The highest BCUT2D eigenvalue weighted by Crippen LogP contribution is 2.33. The molecule has 1 atom stereocenters. The van der Waals surface area contributed by atoms with E-state index in [1.165, 1.54) is 17.0 Å². The third kappa shape index (κ3) is 1.98. The van der Waals surface area contributed by atoms with Crippen LogP contribution in [0.25, 0.3) is 5.69 Å². The zero-order valence-electron chi connectivity index (χ0n) is 11.4. The number of hydrogen-bond donors (Lipinski definition) is 1. The van der Waals surface area contributed by atoms with Crippen molar-refractivity contribution in [2.24, 2.45) is 5.73 Å². The van der Waals surface area contributed by atoms with Gasteiger partial charge in [0, 0.05) is 23.1 Å². The molecule has 0 radical (unpaired) electrons. The minimum atomic E-state index is -0.154. The van der Waals surface area contributed by atoms with Gasteiger partial charge in [0.2, 0.25) is 0 Å². The Hall–Kier alpha value is -1.61. The maximum Gasteiger partial charge on any atom is 0.126 e. The molecule has 1 aromatic carbocycles. The second-order valence-electron chi connectivity index (χ2n) is 5.46. The van der Waals surface area contributed by atoms with E-state index in [-0.39, 0.29) is 11.9 Å². The van der Waals surface area contributed by atoms with Crippen molar-refractivity contribution in [3.8, 4) is 5.69 Å². The molecule has 2 N–H and O–H groups in total. The summed E-state index contributed by atoms with van der Waals surface area (Å²) in [5, 5.41) is 0. The molecule has 3 rings (SSSR count). The van der Waals surface area contributed by atoms with Gasteiger partial charge >= 0.3 is 0 Å². The molecule has 3 heteroatoms. The molecule has 0 spiro atoms. The van der Waals surface area contributed by atoms with Crippen LogP contribution in [0.2, 0.25) is 0 Å². The van der Waals surface area contributed by atoms with E-state index >= 15 is 0 Å². The smallest absolute Gasteiger partial charge is 0.126 e. The molecule has 1 aliphatic rings. The van der Waals surface area contributed by atoms with Gasteiger partial charge in [0.25, 0.3) is 0 Å². The summed E-state index contributed by atoms with van der Waals surface area (Å²) in [6.07, 6.45) is 3.23. The molecule has 100 valence electrons. The Balaban J connectivity index is 2.17. The maximum absolute atomic E-state index is 13.4. The molecule has 2 aromatic rings. The Labute approximate surface area is 113 Å². The molecule has 0 aliphatic heterocycles. The zero-order chi connectivity index (χ0) is 13.6. The van der Waals surface area contributed by atoms with Gasteiger partial charge in [0.15, 0.2) is 0 Å². The number of benzene rings is 1. The van der Waals surface area contributed by atoms with Crippen LogP contribution in [0.15, 0.2) is 24.3 Å². The van der Waals surface area contributed by atoms with Crippen LogP contribution in [-0.4, -0.2) is 4.57 Å². The minimum Gasteiger partial charge on any atom is -0.324 e. The van der Waals surface area contributed by atoms with Crippen LogP contribution < -0.4 is 5.73 Å². The normalized spacial score (nSPS) is 18.4. The van der Waals surface area contributed by atoms with Gasteiger partial charge in [-0.2, -0.15) is 0 Å². The largest absolute Gasteiger partial charge is 0.324 e. The first kappa shape index (κ1) is 12.4. The standard InChI is InChI=1S/C16H19FN2/c1-10-8-12(6-7-14(10)17)19-11(2)9-13-15(18)4-3-5-16(13)19/h6-9,15H,3-5,18H2,1-2H3. The van der Waals surface area contributed by atoms with Gasteiger partial charge in [-0.15, -0.1) is 0 Å². The van der Waals surface area contributed by atoms with Crippen LogP contribution >= 0.6 is 0 Å². The number of halogens is 1. The van der Waals surface area contributed by atoms with Crippen LogP contribution in [-0.2, 0) is 6.42 Å². The lowest BCUT2D eigenvalue weighted by Gasteiger charge is -2.21. The molecule has 0 amide bonds. The van der Waals surface area contributed by atoms with E-state index in [2.05, 4.69) is 17.6 Å². The molecule has 0 saturated heterocycles. The molecule has 1 heterocycles. The van der Waals surface area contributed by atoms with Crippen molar-refractivity contribution in [1.82, 2.24) is 4.57 Å². The number of nitrogens with zero attached hydrogens (tertiary/aromatic N) is 1.